The number of hydrazone groups is 1. The lowest BCUT2D eigenvalue weighted by atomic mass is 9.88. The molecule has 1 aromatic heterocycles. The maximum Gasteiger partial charge on any atom is 0.245 e. The number of benzene rings is 3. The maximum absolute atomic E-state index is 13.3. The smallest absolute Gasteiger partial charge is 0.245 e. The zero-order valence-electron chi connectivity index (χ0n) is 20.1. The minimum atomic E-state index is -0.140. The number of hydrogen-bond donors (Lipinski definition) is 0. The van der Waals surface area contributed by atoms with Gasteiger partial charge in [-0.1, -0.05) is 86.6 Å². The summed E-state index contributed by atoms with van der Waals surface area (Å²) in [4.78, 5) is 18.2. The highest BCUT2D eigenvalue weighted by Gasteiger charge is 2.36. The SMILES string of the molecule is Cc1ccccc1[C@H]1CC(c2c(C)nc3ccccc3c2-c2ccccc2)=NN1C(=O)C(C)C. The van der Waals surface area contributed by atoms with Crippen molar-refractivity contribution in [3.8, 4) is 11.1 Å². The lowest BCUT2D eigenvalue weighted by Gasteiger charge is -2.24. The van der Waals surface area contributed by atoms with Crippen LogP contribution in [0.15, 0.2) is 84.0 Å². The van der Waals surface area contributed by atoms with E-state index in [1.165, 1.54) is 5.56 Å². The van der Waals surface area contributed by atoms with Crippen LogP contribution in [0, 0.1) is 19.8 Å². The van der Waals surface area contributed by atoms with Crippen LogP contribution < -0.4 is 0 Å². The van der Waals surface area contributed by atoms with Crippen molar-refractivity contribution < 1.29 is 4.79 Å². The summed E-state index contributed by atoms with van der Waals surface area (Å²) in [7, 11) is 0. The molecule has 170 valence electrons. The van der Waals surface area contributed by atoms with Crippen LogP contribution in [0.1, 0.15) is 48.7 Å². The van der Waals surface area contributed by atoms with Crippen molar-refractivity contribution in [1.82, 2.24) is 9.99 Å². The molecule has 1 amide bonds. The lowest BCUT2D eigenvalue weighted by Crippen LogP contribution is -2.30. The normalized spacial score (nSPS) is 15.7. The van der Waals surface area contributed by atoms with E-state index in [-0.39, 0.29) is 17.9 Å². The van der Waals surface area contributed by atoms with Gasteiger partial charge in [-0.05, 0) is 36.6 Å². The Bertz CT molecular complexity index is 1410. The van der Waals surface area contributed by atoms with Crippen LogP contribution in [-0.2, 0) is 4.79 Å². The Hall–Kier alpha value is -3.79. The highest BCUT2D eigenvalue weighted by molar-refractivity contribution is 6.14. The number of rotatable bonds is 4. The zero-order valence-corrected chi connectivity index (χ0v) is 20.1. The van der Waals surface area contributed by atoms with Gasteiger partial charge in [-0.15, -0.1) is 0 Å². The number of hydrogen-bond acceptors (Lipinski definition) is 3. The molecule has 0 N–H and O–H groups in total. The molecule has 4 heteroatoms. The van der Waals surface area contributed by atoms with Crippen molar-refractivity contribution in [1.29, 1.82) is 0 Å². The summed E-state index contributed by atoms with van der Waals surface area (Å²) in [6.45, 7) is 8.02. The molecule has 4 nitrogen and oxygen atoms in total. The van der Waals surface area contributed by atoms with Gasteiger partial charge in [0.1, 0.15) is 0 Å². The number of carbonyl (C=O) groups is 1. The zero-order chi connectivity index (χ0) is 23.8. The van der Waals surface area contributed by atoms with Gasteiger partial charge in [0.05, 0.1) is 17.3 Å². The standard InChI is InChI=1S/C30H29N3O/c1-19(2)30(34)33-27(23-15-9-8-12-20(23)3)18-26(32-33)28-21(4)31-25-17-11-10-16-24(25)29(28)22-13-6-5-7-14-22/h5-17,19,27H,18H2,1-4H3/t27-/m1/s1. The Kier molecular flexibility index (Phi) is 5.74. The van der Waals surface area contributed by atoms with Crippen molar-refractivity contribution in [3.05, 3.63) is 101 Å². The molecule has 0 saturated heterocycles. The first-order valence-electron chi connectivity index (χ1n) is 11.9. The molecule has 0 aliphatic carbocycles. The topological polar surface area (TPSA) is 45.6 Å². The van der Waals surface area contributed by atoms with Crippen LogP contribution in [0.4, 0.5) is 0 Å². The molecule has 0 fully saturated rings. The summed E-state index contributed by atoms with van der Waals surface area (Å²) in [5, 5.41) is 7.80. The van der Waals surface area contributed by atoms with Gasteiger partial charge >= 0.3 is 0 Å². The van der Waals surface area contributed by atoms with Gasteiger partial charge < -0.3 is 0 Å². The van der Waals surface area contributed by atoms with Gasteiger partial charge in [-0.2, -0.15) is 5.10 Å². The van der Waals surface area contributed by atoms with E-state index in [9.17, 15) is 4.79 Å². The molecule has 0 bridgehead atoms. The van der Waals surface area contributed by atoms with Crippen molar-refractivity contribution in [2.45, 2.75) is 40.2 Å². The van der Waals surface area contributed by atoms with Crippen LogP contribution >= 0.6 is 0 Å². The van der Waals surface area contributed by atoms with Crippen molar-refractivity contribution in [2.24, 2.45) is 11.0 Å². The van der Waals surface area contributed by atoms with E-state index < -0.39 is 0 Å². The first-order chi connectivity index (χ1) is 16.5. The fraction of sp³-hybridized carbons (Fsp3) is 0.233. The van der Waals surface area contributed by atoms with E-state index in [1.807, 2.05) is 45.0 Å². The van der Waals surface area contributed by atoms with E-state index in [1.54, 1.807) is 5.01 Å². The number of carbonyl (C=O) groups excluding carboxylic acids is 1. The Morgan fingerprint density at radius 2 is 1.56 bits per heavy atom. The predicted octanol–water partition coefficient (Wildman–Crippen LogP) is 6.85. The largest absolute Gasteiger partial charge is 0.273 e. The van der Waals surface area contributed by atoms with E-state index in [2.05, 4.69) is 61.5 Å². The average Bonchev–Trinajstić information content (AvgIpc) is 3.28. The Morgan fingerprint density at radius 1 is 0.882 bits per heavy atom. The van der Waals surface area contributed by atoms with Gasteiger partial charge in [0, 0.05) is 34.5 Å². The van der Waals surface area contributed by atoms with Crippen molar-refractivity contribution >= 4 is 22.5 Å². The quantitative estimate of drug-likeness (QED) is 0.343. The van der Waals surface area contributed by atoms with Gasteiger partial charge in [0.2, 0.25) is 5.91 Å². The lowest BCUT2D eigenvalue weighted by molar-refractivity contribution is -0.136. The second-order valence-electron chi connectivity index (χ2n) is 9.29. The number of amides is 1. The third-order valence-electron chi connectivity index (χ3n) is 6.60. The van der Waals surface area contributed by atoms with E-state index in [4.69, 9.17) is 10.1 Å². The number of nitrogens with zero attached hydrogens (tertiary/aromatic N) is 3. The van der Waals surface area contributed by atoms with Crippen molar-refractivity contribution in [2.75, 3.05) is 0 Å². The summed E-state index contributed by atoms with van der Waals surface area (Å²) in [5.41, 5.74) is 8.41. The molecule has 0 unspecified atom stereocenters. The summed E-state index contributed by atoms with van der Waals surface area (Å²) in [5.74, 6) is -0.102. The van der Waals surface area contributed by atoms with Crippen molar-refractivity contribution in [3.63, 3.8) is 0 Å². The monoisotopic (exact) mass is 447 g/mol. The van der Waals surface area contributed by atoms with E-state index in [0.29, 0.717) is 6.42 Å². The second kappa shape index (κ2) is 8.86. The molecule has 1 aliphatic heterocycles. The molecule has 4 aromatic rings. The third kappa shape index (κ3) is 3.79. The second-order valence-corrected chi connectivity index (χ2v) is 9.29. The maximum atomic E-state index is 13.3. The molecule has 34 heavy (non-hydrogen) atoms. The minimum absolute atomic E-state index is 0.0379. The van der Waals surface area contributed by atoms with Crippen LogP contribution in [-0.4, -0.2) is 21.6 Å². The third-order valence-corrected chi connectivity index (χ3v) is 6.60. The highest BCUT2D eigenvalue weighted by Crippen LogP contribution is 2.40. The number of fused-ring (bicyclic) bond motifs is 1. The number of aromatic nitrogens is 1. The summed E-state index contributed by atoms with van der Waals surface area (Å²) in [6, 6.07) is 26.8. The van der Waals surface area contributed by atoms with Crippen LogP contribution in [0.3, 0.4) is 0 Å². The van der Waals surface area contributed by atoms with Crippen LogP contribution in [0.25, 0.3) is 22.0 Å². The molecule has 0 radical (unpaired) electrons. The predicted molar refractivity (Wildman–Crippen MR) is 139 cm³/mol. The number of pyridine rings is 1. The Balaban J connectivity index is 1.73. The molecular weight excluding hydrogens is 418 g/mol. The molecule has 5 rings (SSSR count). The van der Waals surface area contributed by atoms with Gasteiger partial charge in [0.25, 0.3) is 0 Å². The molecular formula is C30H29N3O. The first kappa shape index (κ1) is 22.0. The summed E-state index contributed by atoms with van der Waals surface area (Å²) in [6.07, 6.45) is 0.657. The van der Waals surface area contributed by atoms with E-state index in [0.717, 1.165) is 44.6 Å². The van der Waals surface area contributed by atoms with Gasteiger partial charge in [-0.3, -0.25) is 9.78 Å². The molecule has 0 saturated carbocycles. The molecule has 2 heterocycles. The minimum Gasteiger partial charge on any atom is -0.273 e. The fourth-order valence-corrected chi connectivity index (χ4v) is 4.92. The fourth-order valence-electron chi connectivity index (χ4n) is 4.92. The van der Waals surface area contributed by atoms with E-state index >= 15 is 0 Å². The summed E-state index contributed by atoms with van der Waals surface area (Å²) >= 11 is 0. The highest BCUT2D eigenvalue weighted by atomic mass is 16.2. The Morgan fingerprint density at radius 3 is 2.29 bits per heavy atom. The number of aryl methyl sites for hydroxylation is 2. The Labute approximate surface area is 201 Å². The van der Waals surface area contributed by atoms with Gasteiger partial charge in [0.15, 0.2) is 0 Å². The first-order valence-corrected chi connectivity index (χ1v) is 11.9. The van der Waals surface area contributed by atoms with Crippen LogP contribution in [0.2, 0.25) is 0 Å². The molecule has 1 atom stereocenters. The van der Waals surface area contributed by atoms with Gasteiger partial charge in [-0.25, -0.2) is 5.01 Å². The number of para-hydroxylation sites is 1. The molecule has 0 spiro atoms. The average molecular weight is 448 g/mol. The molecule has 1 aliphatic rings. The molecule has 3 aromatic carbocycles. The van der Waals surface area contributed by atoms with Crippen LogP contribution in [0.5, 0.6) is 0 Å². The summed E-state index contributed by atoms with van der Waals surface area (Å²) < 4.78 is 0.